The summed E-state index contributed by atoms with van der Waals surface area (Å²) in [6.45, 7) is 4.81. The average molecular weight is 524 g/mol. The van der Waals surface area contributed by atoms with Crippen molar-refractivity contribution in [3.05, 3.63) is 65.0 Å². The fourth-order valence-corrected chi connectivity index (χ4v) is 5.83. The van der Waals surface area contributed by atoms with Crippen molar-refractivity contribution < 1.29 is 37.6 Å². The Bertz CT molecular complexity index is 1250. The summed E-state index contributed by atoms with van der Waals surface area (Å²) >= 11 is 1.05. The summed E-state index contributed by atoms with van der Waals surface area (Å²) in [5.41, 5.74) is -0.715. The molecule has 2 N–H and O–H groups in total. The number of carbonyl (C=O) groups excluding carboxylic acids is 1. The Balaban J connectivity index is 1.89. The van der Waals surface area contributed by atoms with E-state index in [0.29, 0.717) is 10.1 Å². The SMILES string of the molecule is COC(C)(C)COC(=O)C(C)NP(=O)(Oc1ccccc1)C(F)c1ccc2sc(C(=O)O)cc2c1. The van der Waals surface area contributed by atoms with Crippen molar-refractivity contribution in [3.63, 3.8) is 0 Å². The van der Waals surface area contributed by atoms with E-state index in [0.717, 1.165) is 11.3 Å². The van der Waals surface area contributed by atoms with E-state index < -0.39 is 37.0 Å². The largest absolute Gasteiger partial charge is 0.477 e. The van der Waals surface area contributed by atoms with E-state index in [-0.39, 0.29) is 22.8 Å². The van der Waals surface area contributed by atoms with Crippen molar-refractivity contribution in [1.29, 1.82) is 0 Å². The molecule has 0 spiro atoms. The zero-order valence-corrected chi connectivity index (χ0v) is 21.4. The number of ether oxygens (including phenoxy) is 2. The number of alkyl halides is 1. The Hall–Kier alpha value is -2.78. The number of esters is 1. The number of benzene rings is 2. The Morgan fingerprint density at radius 1 is 1.17 bits per heavy atom. The molecule has 1 aromatic heterocycles. The molecule has 8 nitrogen and oxygen atoms in total. The van der Waals surface area contributed by atoms with E-state index in [1.807, 2.05) is 0 Å². The molecule has 0 aliphatic heterocycles. The van der Waals surface area contributed by atoms with Gasteiger partial charge in [-0.3, -0.25) is 9.36 Å². The summed E-state index contributed by atoms with van der Waals surface area (Å²) in [6.07, 6.45) is 0. The van der Waals surface area contributed by atoms with Gasteiger partial charge in [-0.1, -0.05) is 24.3 Å². The third-order valence-electron chi connectivity index (χ3n) is 5.15. The summed E-state index contributed by atoms with van der Waals surface area (Å²) in [5.74, 6) is -3.85. The average Bonchev–Trinajstić information content (AvgIpc) is 3.26. The van der Waals surface area contributed by atoms with Crippen LogP contribution in [0.4, 0.5) is 4.39 Å². The summed E-state index contributed by atoms with van der Waals surface area (Å²) in [6, 6.07) is 12.7. The fourth-order valence-electron chi connectivity index (χ4n) is 3.04. The van der Waals surface area contributed by atoms with Crippen molar-refractivity contribution in [1.82, 2.24) is 5.09 Å². The predicted octanol–water partition coefficient (Wildman–Crippen LogP) is 5.79. The highest BCUT2D eigenvalue weighted by Gasteiger charge is 2.41. The monoisotopic (exact) mass is 523 g/mol. The number of fused-ring (bicyclic) bond motifs is 1. The molecule has 0 bridgehead atoms. The lowest BCUT2D eigenvalue weighted by Gasteiger charge is -2.27. The van der Waals surface area contributed by atoms with Gasteiger partial charge in [0, 0.05) is 11.8 Å². The molecule has 3 rings (SSSR count). The van der Waals surface area contributed by atoms with Gasteiger partial charge in [-0.2, -0.15) is 0 Å². The predicted molar refractivity (Wildman–Crippen MR) is 132 cm³/mol. The first kappa shape index (κ1) is 26.8. The van der Waals surface area contributed by atoms with Gasteiger partial charge in [0.15, 0.2) is 0 Å². The quantitative estimate of drug-likeness (QED) is 0.240. The maximum Gasteiger partial charge on any atom is 0.355 e. The van der Waals surface area contributed by atoms with Crippen LogP contribution in [-0.2, 0) is 18.8 Å². The number of halogens is 1. The van der Waals surface area contributed by atoms with Crippen LogP contribution in [0.15, 0.2) is 54.6 Å². The number of nitrogens with one attached hydrogen (secondary N) is 1. The Morgan fingerprint density at radius 3 is 2.49 bits per heavy atom. The van der Waals surface area contributed by atoms with Crippen LogP contribution in [0.1, 0.15) is 41.9 Å². The molecular weight excluding hydrogens is 496 g/mol. The van der Waals surface area contributed by atoms with Gasteiger partial charge < -0.3 is 19.1 Å². The zero-order chi connectivity index (χ0) is 25.8. The highest BCUT2D eigenvalue weighted by molar-refractivity contribution is 7.57. The minimum Gasteiger partial charge on any atom is -0.477 e. The lowest BCUT2D eigenvalue weighted by atomic mass is 10.1. The molecule has 11 heteroatoms. The number of thiophene rings is 1. The Kier molecular flexibility index (Phi) is 8.33. The van der Waals surface area contributed by atoms with Gasteiger partial charge in [-0.05, 0) is 62.1 Å². The number of hydrogen-bond donors (Lipinski definition) is 2. The lowest BCUT2D eigenvalue weighted by molar-refractivity contribution is -0.152. The maximum atomic E-state index is 15.9. The van der Waals surface area contributed by atoms with Gasteiger partial charge in [0.05, 0.1) is 5.60 Å². The highest BCUT2D eigenvalue weighted by Crippen LogP contribution is 2.58. The molecule has 0 amide bonds. The Labute approximate surface area is 206 Å². The first-order valence-electron chi connectivity index (χ1n) is 10.7. The molecule has 0 radical (unpaired) electrons. The van der Waals surface area contributed by atoms with Gasteiger partial charge >= 0.3 is 19.5 Å². The molecule has 0 saturated heterocycles. The molecule has 188 valence electrons. The number of carbonyl (C=O) groups is 2. The van der Waals surface area contributed by atoms with Crippen molar-refractivity contribution in [3.8, 4) is 5.75 Å². The van der Waals surface area contributed by atoms with Crippen LogP contribution >= 0.6 is 18.9 Å². The van der Waals surface area contributed by atoms with Crippen molar-refractivity contribution in [2.24, 2.45) is 0 Å². The molecule has 0 saturated carbocycles. The highest BCUT2D eigenvalue weighted by atomic mass is 32.1. The molecule has 1 heterocycles. The minimum atomic E-state index is -4.39. The van der Waals surface area contributed by atoms with E-state index in [1.165, 1.54) is 44.4 Å². The first-order valence-corrected chi connectivity index (χ1v) is 13.2. The summed E-state index contributed by atoms with van der Waals surface area (Å²) in [4.78, 5) is 23.9. The van der Waals surface area contributed by atoms with E-state index in [4.69, 9.17) is 14.0 Å². The normalized spacial score (nSPS) is 15.2. The summed E-state index contributed by atoms with van der Waals surface area (Å²) < 4.78 is 46.5. The smallest absolute Gasteiger partial charge is 0.355 e. The minimum absolute atomic E-state index is 0.0140. The van der Waals surface area contributed by atoms with Crippen LogP contribution < -0.4 is 9.61 Å². The second-order valence-corrected chi connectivity index (χ2v) is 11.6. The molecule has 0 aliphatic rings. The lowest BCUT2D eigenvalue weighted by Crippen LogP contribution is -2.38. The molecule has 3 aromatic rings. The third kappa shape index (κ3) is 6.67. The van der Waals surface area contributed by atoms with Crippen LogP contribution in [0.3, 0.4) is 0 Å². The van der Waals surface area contributed by atoms with Gasteiger partial charge in [-0.25, -0.2) is 14.3 Å². The van der Waals surface area contributed by atoms with Gasteiger partial charge in [0.2, 0.25) is 5.91 Å². The first-order chi connectivity index (χ1) is 16.4. The van der Waals surface area contributed by atoms with Gasteiger partial charge in [0.1, 0.15) is 23.3 Å². The van der Waals surface area contributed by atoms with Crippen molar-refractivity contribution in [2.75, 3.05) is 13.7 Å². The van der Waals surface area contributed by atoms with Crippen LogP contribution in [0.2, 0.25) is 0 Å². The summed E-state index contributed by atoms with van der Waals surface area (Å²) in [5, 5.41) is 12.2. The van der Waals surface area contributed by atoms with Crippen molar-refractivity contribution in [2.45, 2.75) is 38.3 Å². The molecule has 0 aliphatic carbocycles. The Morgan fingerprint density at radius 2 is 1.86 bits per heavy atom. The number of aromatic carboxylic acids is 1. The third-order valence-corrected chi connectivity index (χ3v) is 8.38. The van der Waals surface area contributed by atoms with E-state index in [2.05, 4.69) is 5.09 Å². The van der Waals surface area contributed by atoms with Crippen LogP contribution in [0.25, 0.3) is 10.1 Å². The van der Waals surface area contributed by atoms with E-state index in [9.17, 15) is 19.3 Å². The second kappa shape index (κ2) is 10.9. The van der Waals surface area contributed by atoms with Crippen molar-refractivity contribution >= 4 is 40.9 Å². The van der Waals surface area contributed by atoms with E-state index >= 15 is 4.39 Å². The molecule has 2 aromatic carbocycles. The van der Waals surface area contributed by atoms with E-state index in [1.54, 1.807) is 38.1 Å². The molecular formula is C24H27FNO7PS. The molecule has 0 fully saturated rings. The van der Waals surface area contributed by atoms with Crippen LogP contribution in [-0.4, -0.2) is 42.4 Å². The number of carboxylic acids is 1. The second-order valence-electron chi connectivity index (χ2n) is 8.47. The number of hydrogen-bond acceptors (Lipinski definition) is 7. The van der Waals surface area contributed by atoms with Crippen LogP contribution in [0, 0.1) is 0 Å². The van der Waals surface area contributed by atoms with Gasteiger partial charge in [-0.15, -0.1) is 11.3 Å². The number of methoxy groups -OCH3 is 1. The fraction of sp³-hybridized carbons (Fsp3) is 0.333. The van der Waals surface area contributed by atoms with Crippen LogP contribution in [0.5, 0.6) is 5.75 Å². The molecule has 3 atom stereocenters. The number of rotatable bonds is 11. The molecule has 35 heavy (non-hydrogen) atoms. The summed E-state index contributed by atoms with van der Waals surface area (Å²) in [7, 11) is -2.91. The number of carboxylic acid groups (broad SMARTS) is 1. The topological polar surface area (TPSA) is 111 Å². The molecule has 3 unspecified atom stereocenters. The van der Waals surface area contributed by atoms with Gasteiger partial charge in [0.25, 0.3) is 0 Å². The maximum absolute atomic E-state index is 15.9. The number of para-hydroxylation sites is 1. The standard InChI is InChI=1S/C24H27FNO7PS/c1-15(23(29)32-14-24(2,3)31-4)26-34(30,33-18-8-6-5-7-9-18)21(25)16-10-11-19-17(12-16)13-20(35-19)22(27)28/h5-13,15,21H,14H2,1-4H3,(H,26,30)(H,27,28). The zero-order valence-electron chi connectivity index (χ0n) is 19.7.